The number of hydrogen-bond acceptors (Lipinski definition) is 4. The number of nitrogens with zero attached hydrogens (tertiary/aromatic N) is 6. The molecule has 0 saturated heterocycles. The number of fused-ring (bicyclic) bond motifs is 6. The first-order valence-corrected chi connectivity index (χ1v) is 25.5. The van der Waals surface area contributed by atoms with E-state index in [0.29, 0.717) is 23.0 Å². The van der Waals surface area contributed by atoms with Gasteiger partial charge in [-0.05, 0) is 112 Å². The highest BCUT2D eigenvalue weighted by atomic mass is 15.0. The van der Waals surface area contributed by atoms with Crippen molar-refractivity contribution < 1.29 is 0 Å². The van der Waals surface area contributed by atoms with Crippen molar-refractivity contribution in [2.24, 2.45) is 0 Å². The molecule has 76 heavy (non-hydrogen) atoms. The summed E-state index contributed by atoms with van der Waals surface area (Å²) in [4.78, 5) is 15.6. The second kappa shape index (κ2) is 18.5. The topological polar surface area (TPSA) is 72.3 Å². The summed E-state index contributed by atoms with van der Waals surface area (Å²) in [6.07, 6.45) is 0. The van der Waals surface area contributed by atoms with Crippen LogP contribution in [0.25, 0.3) is 134 Å². The third-order valence-corrected chi connectivity index (χ3v) is 14.6. The number of aromatic nitrogens is 5. The highest BCUT2D eigenvalue weighted by molar-refractivity contribution is 6.13. The lowest BCUT2D eigenvalue weighted by Gasteiger charge is -2.21. The molecule has 0 radical (unpaired) electrons. The fraction of sp³-hybridized carbons (Fsp3) is 0. The van der Waals surface area contributed by atoms with Crippen LogP contribution in [0.4, 0.5) is 0 Å². The first kappa shape index (κ1) is 44.2. The average Bonchev–Trinajstić information content (AvgIpc) is 4.02. The lowest BCUT2D eigenvalue weighted by Crippen LogP contribution is -2.04. The lowest BCUT2D eigenvalue weighted by molar-refractivity contribution is 1.07. The summed E-state index contributed by atoms with van der Waals surface area (Å²) in [5.41, 5.74) is 18.3. The first-order chi connectivity index (χ1) is 37.6. The zero-order valence-electron chi connectivity index (χ0n) is 41.1. The van der Waals surface area contributed by atoms with Gasteiger partial charge in [0, 0.05) is 49.4 Å². The summed E-state index contributed by atoms with van der Waals surface area (Å²) in [7, 11) is 0. The van der Waals surface area contributed by atoms with Gasteiger partial charge in [-0.15, -0.1) is 0 Å². The quantitative estimate of drug-likeness (QED) is 0.144. The third-order valence-electron chi connectivity index (χ3n) is 14.6. The van der Waals surface area contributed by atoms with E-state index in [1.165, 1.54) is 11.1 Å². The van der Waals surface area contributed by atoms with E-state index in [1.807, 2.05) is 84.9 Å². The SMILES string of the molecule is N#Cc1ccc(-c2ccc(-n3c4ccccc4c4cc(-c5ccccc5)ccc43)c(-c3cc(-c4nc(-c5ccccc5)nc(-c5ccccc5)n4)ccc3-n3c4ccccc4c4cc(-c5ccccc5)ccc43)c2)cc1. The molecule has 6 heteroatoms. The molecule has 0 unspecified atom stereocenters. The fourth-order valence-electron chi connectivity index (χ4n) is 11.0. The maximum absolute atomic E-state index is 9.85. The van der Waals surface area contributed by atoms with Gasteiger partial charge in [-0.2, -0.15) is 5.26 Å². The van der Waals surface area contributed by atoms with E-state index in [1.54, 1.807) is 0 Å². The molecule has 0 aliphatic heterocycles. The summed E-state index contributed by atoms with van der Waals surface area (Å²) in [6.45, 7) is 0. The van der Waals surface area contributed by atoms with Crippen molar-refractivity contribution >= 4 is 43.6 Å². The van der Waals surface area contributed by atoms with Crippen LogP contribution in [0.2, 0.25) is 0 Å². The van der Waals surface area contributed by atoms with Crippen molar-refractivity contribution in [1.82, 2.24) is 24.1 Å². The van der Waals surface area contributed by atoms with Gasteiger partial charge in [0.2, 0.25) is 0 Å². The maximum atomic E-state index is 9.85. The van der Waals surface area contributed by atoms with Crippen LogP contribution < -0.4 is 0 Å². The number of benzene rings is 11. The van der Waals surface area contributed by atoms with Gasteiger partial charge >= 0.3 is 0 Å². The monoisotopic (exact) mass is 968 g/mol. The second-order valence-electron chi connectivity index (χ2n) is 19.1. The minimum Gasteiger partial charge on any atom is -0.309 e. The maximum Gasteiger partial charge on any atom is 0.164 e. The van der Waals surface area contributed by atoms with Crippen LogP contribution in [0.1, 0.15) is 5.56 Å². The molecule has 0 aliphatic carbocycles. The molecule has 0 atom stereocenters. The second-order valence-corrected chi connectivity index (χ2v) is 19.1. The van der Waals surface area contributed by atoms with Crippen molar-refractivity contribution in [3.63, 3.8) is 0 Å². The van der Waals surface area contributed by atoms with Crippen LogP contribution in [0, 0.1) is 11.3 Å². The van der Waals surface area contributed by atoms with Crippen LogP contribution in [0.3, 0.4) is 0 Å². The van der Waals surface area contributed by atoms with Gasteiger partial charge in [0.15, 0.2) is 17.5 Å². The Kier molecular flexibility index (Phi) is 10.8. The Labute approximate surface area is 439 Å². The molecule has 354 valence electrons. The summed E-state index contributed by atoms with van der Waals surface area (Å²) in [5.74, 6) is 1.75. The summed E-state index contributed by atoms with van der Waals surface area (Å²) >= 11 is 0. The van der Waals surface area contributed by atoms with Crippen molar-refractivity contribution in [3.05, 3.63) is 272 Å². The van der Waals surface area contributed by atoms with Crippen molar-refractivity contribution in [1.29, 1.82) is 5.26 Å². The molecule has 11 aromatic carbocycles. The zero-order chi connectivity index (χ0) is 50.5. The lowest BCUT2D eigenvalue weighted by atomic mass is 9.94. The minimum atomic E-state index is 0.560. The molecular weight excluding hydrogens is 925 g/mol. The largest absolute Gasteiger partial charge is 0.309 e. The normalized spacial score (nSPS) is 11.4. The summed E-state index contributed by atoms with van der Waals surface area (Å²) < 4.78 is 4.85. The smallest absolute Gasteiger partial charge is 0.164 e. The number of hydrogen-bond donors (Lipinski definition) is 0. The van der Waals surface area contributed by atoms with E-state index in [-0.39, 0.29) is 0 Å². The van der Waals surface area contributed by atoms with E-state index in [2.05, 4.69) is 197 Å². The first-order valence-electron chi connectivity index (χ1n) is 25.5. The molecule has 3 heterocycles. The molecule has 0 bridgehead atoms. The highest BCUT2D eigenvalue weighted by Crippen LogP contribution is 2.45. The van der Waals surface area contributed by atoms with Crippen molar-refractivity contribution in [2.75, 3.05) is 0 Å². The van der Waals surface area contributed by atoms with E-state index in [0.717, 1.165) is 105 Å². The predicted octanol–water partition coefficient (Wildman–Crippen LogP) is 17.6. The Bertz CT molecular complexity index is 4500. The molecular formula is C70H44N6. The summed E-state index contributed by atoms with van der Waals surface area (Å²) in [6, 6.07) is 96.2. The molecule has 0 amide bonds. The molecule has 6 nitrogen and oxygen atoms in total. The van der Waals surface area contributed by atoms with Crippen LogP contribution in [0.15, 0.2) is 267 Å². The Hall–Kier alpha value is -10.5. The molecule has 14 aromatic rings. The van der Waals surface area contributed by atoms with Crippen LogP contribution in [0.5, 0.6) is 0 Å². The van der Waals surface area contributed by atoms with Gasteiger partial charge in [0.1, 0.15) is 0 Å². The van der Waals surface area contributed by atoms with Crippen molar-refractivity contribution in [2.45, 2.75) is 0 Å². The molecule has 3 aromatic heterocycles. The van der Waals surface area contributed by atoms with E-state index < -0.39 is 0 Å². The van der Waals surface area contributed by atoms with E-state index in [9.17, 15) is 5.26 Å². The van der Waals surface area contributed by atoms with Crippen molar-refractivity contribution in [3.8, 4) is 96.1 Å². The Morgan fingerprint density at radius 2 is 0.592 bits per heavy atom. The van der Waals surface area contributed by atoms with Gasteiger partial charge < -0.3 is 9.13 Å². The molecule has 14 rings (SSSR count). The minimum absolute atomic E-state index is 0.560. The summed E-state index contributed by atoms with van der Waals surface area (Å²) in [5, 5.41) is 14.5. The predicted molar refractivity (Wildman–Crippen MR) is 311 cm³/mol. The third kappa shape index (κ3) is 7.70. The standard InChI is InChI=1S/C70H44N6/c71-45-46-29-31-49(32-30-46)54-35-39-66(75-62-27-15-13-25-56(62)58-41-52(33-37-64(58)75)47-17-5-1-6-18-47)60(43-54)61-44-55(70-73-68(50-21-9-3-10-22-50)72-69(74-70)51-23-11-4-12-24-51)36-40-67(61)76-63-28-16-14-26-57(63)59-42-53(34-38-65(59)76)48-19-7-2-8-20-48/h1-44H. The van der Waals surface area contributed by atoms with Gasteiger partial charge in [-0.3, -0.25) is 0 Å². The van der Waals surface area contributed by atoms with Gasteiger partial charge in [0.25, 0.3) is 0 Å². The molecule has 0 spiro atoms. The number of para-hydroxylation sites is 2. The van der Waals surface area contributed by atoms with Gasteiger partial charge in [-0.1, -0.05) is 188 Å². The van der Waals surface area contributed by atoms with Crippen LogP contribution >= 0.6 is 0 Å². The van der Waals surface area contributed by atoms with E-state index >= 15 is 0 Å². The average molecular weight is 969 g/mol. The Balaban J connectivity index is 1.09. The number of rotatable bonds is 9. The van der Waals surface area contributed by atoms with Gasteiger partial charge in [0.05, 0.1) is 45.1 Å². The molecule has 0 N–H and O–H groups in total. The molecule has 0 fully saturated rings. The molecule has 0 aliphatic rings. The van der Waals surface area contributed by atoms with Gasteiger partial charge in [-0.25, -0.2) is 15.0 Å². The van der Waals surface area contributed by atoms with E-state index in [4.69, 9.17) is 15.0 Å². The fourth-order valence-corrected chi connectivity index (χ4v) is 11.0. The molecule has 0 saturated carbocycles. The van der Waals surface area contributed by atoms with Crippen LogP contribution in [-0.4, -0.2) is 24.1 Å². The Morgan fingerprint density at radius 1 is 0.263 bits per heavy atom. The highest BCUT2D eigenvalue weighted by Gasteiger charge is 2.24. The number of nitriles is 1. The van der Waals surface area contributed by atoms with Crippen LogP contribution in [-0.2, 0) is 0 Å². The Morgan fingerprint density at radius 3 is 1.05 bits per heavy atom. The zero-order valence-corrected chi connectivity index (χ0v) is 41.1.